The van der Waals surface area contributed by atoms with E-state index in [2.05, 4.69) is 0 Å². The van der Waals surface area contributed by atoms with Crippen LogP contribution in [0.25, 0.3) is 0 Å². The lowest BCUT2D eigenvalue weighted by Crippen LogP contribution is -2.02. The molecule has 18 heavy (non-hydrogen) atoms. The van der Waals surface area contributed by atoms with Crippen molar-refractivity contribution in [1.29, 1.82) is 0 Å². The minimum absolute atomic E-state index is 0.162. The Morgan fingerprint density at radius 2 is 1.78 bits per heavy atom. The topological polar surface area (TPSA) is 26.3 Å². The fourth-order valence-electron chi connectivity index (χ4n) is 1.61. The van der Waals surface area contributed by atoms with E-state index >= 15 is 0 Å². The van der Waals surface area contributed by atoms with Crippen molar-refractivity contribution >= 4 is 29.0 Å². The van der Waals surface area contributed by atoms with Crippen LogP contribution in [-0.2, 0) is 0 Å². The number of benzene rings is 2. The average molecular weight is 281 g/mol. The fourth-order valence-corrected chi connectivity index (χ4v) is 2.09. The molecular weight excluding hydrogens is 271 g/mol. The fraction of sp³-hybridized carbons (Fsp3) is 0.0714. The van der Waals surface area contributed by atoms with Crippen LogP contribution in [0.5, 0.6) is 5.75 Å². The molecule has 0 N–H and O–H groups in total. The van der Waals surface area contributed by atoms with Crippen LogP contribution in [0.15, 0.2) is 42.5 Å². The van der Waals surface area contributed by atoms with Crippen molar-refractivity contribution in [2.45, 2.75) is 0 Å². The van der Waals surface area contributed by atoms with Crippen LogP contribution in [0, 0.1) is 0 Å². The van der Waals surface area contributed by atoms with E-state index in [1.165, 1.54) is 7.11 Å². The maximum Gasteiger partial charge on any atom is 0.194 e. The molecule has 0 unspecified atom stereocenters. The first-order chi connectivity index (χ1) is 8.63. The highest BCUT2D eigenvalue weighted by Crippen LogP contribution is 2.27. The van der Waals surface area contributed by atoms with Crippen molar-refractivity contribution in [3.05, 3.63) is 63.6 Å². The average Bonchev–Trinajstić information content (AvgIpc) is 2.38. The van der Waals surface area contributed by atoms with Gasteiger partial charge in [0.05, 0.1) is 17.2 Å². The Balaban J connectivity index is 2.41. The third-order valence-corrected chi connectivity index (χ3v) is 3.16. The van der Waals surface area contributed by atoms with Gasteiger partial charge in [-0.05, 0) is 30.3 Å². The van der Waals surface area contributed by atoms with E-state index in [9.17, 15) is 4.79 Å². The molecular formula is C14H10Cl2O2. The molecule has 0 fully saturated rings. The predicted molar refractivity (Wildman–Crippen MR) is 72.9 cm³/mol. The van der Waals surface area contributed by atoms with Crippen molar-refractivity contribution < 1.29 is 9.53 Å². The molecule has 4 heteroatoms. The van der Waals surface area contributed by atoms with Crippen LogP contribution in [0.4, 0.5) is 0 Å². The van der Waals surface area contributed by atoms with Crippen LogP contribution < -0.4 is 4.74 Å². The Morgan fingerprint density at radius 1 is 1.06 bits per heavy atom. The number of methoxy groups -OCH3 is 1. The Bertz CT molecular complexity index is 594. The number of carbonyl (C=O) groups excluding carboxylic acids is 1. The second kappa shape index (κ2) is 5.42. The zero-order valence-corrected chi connectivity index (χ0v) is 11.1. The van der Waals surface area contributed by atoms with Crippen molar-refractivity contribution in [2.24, 2.45) is 0 Å². The Hall–Kier alpha value is -1.51. The van der Waals surface area contributed by atoms with E-state index in [0.29, 0.717) is 26.9 Å². The summed E-state index contributed by atoms with van der Waals surface area (Å²) in [7, 11) is 1.52. The summed E-state index contributed by atoms with van der Waals surface area (Å²) >= 11 is 12.0. The molecule has 0 amide bonds. The summed E-state index contributed by atoms with van der Waals surface area (Å²) in [6, 6.07) is 11.8. The van der Waals surface area contributed by atoms with Crippen LogP contribution in [0.2, 0.25) is 10.0 Å². The van der Waals surface area contributed by atoms with Gasteiger partial charge in [0.2, 0.25) is 0 Å². The summed E-state index contributed by atoms with van der Waals surface area (Å²) < 4.78 is 5.04. The molecule has 2 aromatic rings. The summed E-state index contributed by atoms with van der Waals surface area (Å²) in [5, 5.41) is 0.824. The lowest BCUT2D eigenvalue weighted by atomic mass is 10.0. The largest absolute Gasteiger partial charge is 0.495 e. The molecule has 2 nitrogen and oxygen atoms in total. The number of hydrogen-bond donors (Lipinski definition) is 0. The summed E-state index contributed by atoms with van der Waals surface area (Å²) in [6.45, 7) is 0. The second-order valence-corrected chi connectivity index (χ2v) is 4.47. The summed E-state index contributed by atoms with van der Waals surface area (Å²) in [5.41, 5.74) is 0.939. The van der Waals surface area contributed by atoms with Gasteiger partial charge >= 0.3 is 0 Å². The Morgan fingerprint density at radius 3 is 2.39 bits per heavy atom. The summed E-state index contributed by atoms with van der Waals surface area (Å²) in [6.07, 6.45) is 0. The van der Waals surface area contributed by atoms with E-state index in [4.69, 9.17) is 27.9 Å². The second-order valence-electron chi connectivity index (χ2n) is 3.66. The molecule has 0 aliphatic carbocycles. The molecule has 0 radical (unpaired) electrons. The normalized spacial score (nSPS) is 10.2. The lowest BCUT2D eigenvalue weighted by molar-refractivity contribution is 0.103. The SMILES string of the molecule is COc1ccc(C(=O)c2ccccc2Cl)cc1Cl. The van der Waals surface area contributed by atoms with Crippen LogP contribution in [-0.4, -0.2) is 12.9 Å². The maximum atomic E-state index is 12.2. The van der Waals surface area contributed by atoms with Gasteiger partial charge in [0.1, 0.15) is 5.75 Å². The highest BCUT2D eigenvalue weighted by atomic mass is 35.5. The van der Waals surface area contributed by atoms with Gasteiger partial charge in [-0.3, -0.25) is 4.79 Å². The number of ether oxygens (including phenoxy) is 1. The van der Waals surface area contributed by atoms with Crippen molar-refractivity contribution in [1.82, 2.24) is 0 Å². The van der Waals surface area contributed by atoms with E-state index in [0.717, 1.165) is 0 Å². The zero-order chi connectivity index (χ0) is 13.1. The van der Waals surface area contributed by atoms with E-state index < -0.39 is 0 Å². The third-order valence-electron chi connectivity index (χ3n) is 2.53. The number of hydrogen-bond acceptors (Lipinski definition) is 2. The van der Waals surface area contributed by atoms with Gasteiger partial charge < -0.3 is 4.74 Å². The molecule has 2 rings (SSSR count). The summed E-state index contributed by atoms with van der Waals surface area (Å²) in [4.78, 5) is 12.2. The third kappa shape index (κ3) is 2.50. The molecule has 0 saturated heterocycles. The smallest absolute Gasteiger partial charge is 0.194 e. The first-order valence-electron chi connectivity index (χ1n) is 5.26. The van der Waals surface area contributed by atoms with Crippen LogP contribution >= 0.6 is 23.2 Å². The van der Waals surface area contributed by atoms with Gasteiger partial charge in [-0.15, -0.1) is 0 Å². The minimum Gasteiger partial charge on any atom is -0.495 e. The van der Waals surface area contributed by atoms with E-state index in [-0.39, 0.29) is 5.78 Å². The zero-order valence-electron chi connectivity index (χ0n) is 9.61. The first kappa shape index (κ1) is 12.9. The molecule has 0 spiro atoms. The number of rotatable bonds is 3. The number of halogens is 2. The number of carbonyl (C=O) groups is 1. The monoisotopic (exact) mass is 280 g/mol. The molecule has 0 atom stereocenters. The van der Waals surface area contributed by atoms with E-state index in [1.807, 2.05) is 0 Å². The van der Waals surface area contributed by atoms with Crippen molar-refractivity contribution in [2.75, 3.05) is 7.11 Å². The van der Waals surface area contributed by atoms with Gasteiger partial charge in [0.15, 0.2) is 5.78 Å². The van der Waals surface area contributed by atoms with Gasteiger partial charge in [0, 0.05) is 11.1 Å². The van der Waals surface area contributed by atoms with Gasteiger partial charge in [-0.2, -0.15) is 0 Å². The van der Waals surface area contributed by atoms with Crippen LogP contribution in [0.1, 0.15) is 15.9 Å². The molecule has 0 bridgehead atoms. The molecule has 92 valence electrons. The standard InChI is InChI=1S/C14H10Cl2O2/c1-18-13-7-6-9(8-12(13)16)14(17)10-4-2-3-5-11(10)15/h2-8H,1H3. The van der Waals surface area contributed by atoms with Crippen molar-refractivity contribution in [3.8, 4) is 5.75 Å². The highest BCUT2D eigenvalue weighted by Gasteiger charge is 2.13. The first-order valence-corrected chi connectivity index (χ1v) is 6.02. The molecule has 0 aliphatic heterocycles. The minimum atomic E-state index is -0.162. The molecule has 0 aromatic heterocycles. The van der Waals surface area contributed by atoms with Gasteiger partial charge in [-0.25, -0.2) is 0 Å². The van der Waals surface area contributed by atoms with Gasteiger partial charge in [-0.1, -0.05) is 35.3 Å². The van der Waals surface area contributed by atoms with E-state index in [1.54, 1.807) is 42.5 Å². The Labute approximate surface area is 115 Å². The molecule has 2 aromatic carbocycles. The van der Waals surface area contributed by atoms with Crippen LogP contribution in [0.3, 0.4) is 0 Å². The quantitative estimate of drug-likeness (QED) is 0.787. The molecule has 0 aliphatic rings. The summed E-state index contributed by atoms with van der Waals surface area (Å²) in [5.74, 6) is 0.373. The predicted octanol–water partition coefficient (Wildman–Crippen LogP) is 4.23. The van der Waals surface area contributed by atoms with Gasteiger partial charge in [0.25, 0.3) is 0 Å². The number of ketones is 1. The maximum absolute atomic E-state index is 12.2. The Kier molecular flexibility index (Phi) is 3.90. The highest BCUT2D eigenvalue weighted by molar-refractivity contribution is 6.35. The molecule has 0 heterocycles. The lowest BCUT2D eigenvalue weighted by Gasteiger charge is -2.06. The van der Waals surface area contributed by atoms with Crippen molar-refractivity contribution in [3.63, 3.8) is 0 Å². The molecule has 0 saturated carbocycles.